The predicted octanol–water partition coefficient (Wildman–Crippen LogP) is 3.47. The highest BCUT2D eigenvalue weighted by Crippen LogP contribution is 2.29. The molecule has 0 radical (unpaired) electrons. The number of amides is 1. The third-order valence-electron chi connectivity index (χ3n) is 3.59. The van der Waals surface area contributed by atoms with Crippen LogP contribution in [0.4, 0.5) is 5.69 Å². The van der Waals surface area contributed by atoms with Crippen molar-refractivity contribution in [3.8, 4) is 11.5 Å². The number of hydrogen-bond donors (Lipinski definition) is 1. The molecule has 0 aliphatic carbocycles. The van der Waals surface area contributed by atoms with Gasteiger partial charge in [0.1, 0.15) is 0 Å². The van der Waals surface area contributed by atoms with E-state index in [4.69, 9.17) is 25.8 Å². The molecule has 1 unspecified atom stereocenters. The van der Waals surface area contributed by atoms with E-state index in [1.807, 2.05) is 0 Å². The maximum atomic E-state index is 12.2. The number of rotatable bonds is 7. The predicted molar refractivity (Wildman–Crippen MR) is 98.9 cm³/mol. The Bertz CT molecular complexity index is 776. The van der Waals surface area contributed by atoms with E-state index in [-0.39, 0.29) is 6.42 Å². The van der Waals surface area contributed by atoms with E-state index in [2.05, 4.69) is 5.32 Å². The van der Waals surface area contributed by atoms with Crippen molar-refractivity contribution in [1.29, 1.82) is 0 Å². The number of carbonyl (C=O) groups excluding carboxylic acids is 2. The van der Waals surface area contributed by atoms with Crippen molar-refractivity contribution in [2.45, 2.75) is 19.4 Å². The number of esters is 1. The first-order valence-electron chi connectivity index (χ1n) is 7.89. The highest BCUT2D eigenvalue weighted by atomic mass is 35.5. The normalized spacial score (nSPS) is 11.4. The number of ether oxygens (including phenoxy) is 3. The Balaban J connectivity index is 1.92. The van der Waals surface area contributed by atoms with E-state index >= 15 is 0 Å². The molecule has 0 aliphatic heterocycles. The average molecular weight is 378 g/mol. The SMILES string of the molecule is COc1ccc(NC(=O)C(C)OC(=O)Cc2ccc(Cl)cc2)cc1OC. The minimum absolute atomic E-state index is 0.0607. The van der Waals surface area contributed by atoms with E-state index in [1.165, 1.54) is 21.1 Å². The first-order chi connectivity index (χ1) is 12.4. The smallest absolute Gasteiger partial charge is 0.311 e. The zero-order valence-electron chi connectivity index (χ0n) is 14.7. The van der Waals surface area contributed by atoms with Gasteiger partial charge < -0.3 is 19.5 Å². The molecule has 0 fully saturated rings. The molecule has 1 atom stereocenters. The van der Waals surface area contributed by atoms with Crippen LogP contribution in [0.2, 0.25) is 5.02 Å². The molecule has 0 aromatic heterocycles. The number of halogens is 1. The molecule has 2 aromatic rings. The molecule has 7 heteroatoms. The lowest BCUT2D eigenvalue weighted by atomic mass is 10.1. The summed E-state index contributed by atoms with van der Waals surface area (Å²) >= 11 is 5.81. The molecule has 0 saturated carbocycles. The highest BCUT2D eigenvalue weighted by Gasteiger charge is 2.19. The molecule has 0 bridgehead atoms. The van der Waals surface area contributed by atoms with Crippen LogP contribution in [-0.2, 0) is 20.7 Å². The molecule has 1 N–H and O–H groups in total. The van der Waals surface area contributed by atoms with Crippen LogP contribution in [0, 0.1) is 0 Å². The van der Waals surface area contributed by atoms with Gasteiger partial charge >= 0.3 is 5.97 Å². The molecular formula is C19H20ClNO5. The Hall–Kier alpha value is -2.73. The van der Waals surface area contributed by atoms with Gasteiger partial charge in [-0.05, 0) is 36.8 Å². The lowest BCUT2D eigenvalue weighted by molar-refractivity contribution is -0.152. The average Bonchev–Trinajstić information content (AvgIpc) is 2.63. The van der Waals surface area contributed by atoms with Crippen molar-refractivity contribution >= 4 is 29.2 Å². The third-order valence-corrected chi connectivity index (χ3v) is 3.84. The largest absolute Gasteiger partial charge is 0.493 e. The summed E-state index contributed by atoms with van der Waals surface area (Å²) in [4.78, 5) is 24.2. The summed E-state index contributed by atoms with van der Waals surface area (Å²) in [6.45, 7) is 1.51. The number of carbonyl (C=O) groups is 2. The number of methoxy groups -OCH3 is 2. The van der Waals surface area contributed by atoms with Crippen LogP contribution in [0.5, 0.6) is 11.5 Å². The zero-order valence-corrected chi connectivity index (χ0v) is 15.5. The van der Waals surface area contributed by atoms with Crippen LogP contribution in [0.1, 0.15) is 12.5 Å². The van der Waals surface area contributed by atoms with E-state index in [0.717, 1.165) is 5.56 Å². The first-order valence-corrected chi connectivity index (χ1v) is 8.27. The summed E-state index contributed by atoms with van der Waals surface area (Å²) in [6.07, 6.45) is -0.881. The van der Waals surface area contributed by atoms with E-state index in [0.29, 0.717) is 22.2 Å². The number of anilines is 1. The van der Waals surface area contributed by atoms with Gasteiger partial charge in [0.15, 0.2) is 17.6 Å². The van der Waals surface area contributed by atoms with Gasteiger partial charge in [-0.3, -0.25) is 9.59 Å². The van der Waals surface area contributed by atoms with Crippen LogP contribution >= 0.6 is 11.6 Å². The van der Waals surface area contributed by atoms with Crippen molar-refractivity contribution in [2.75, 3.05) is 19.5 Å². The first kappa shape index (κ1) is 19.6. The molecule has 0 saturated heterocycles. The van der Waals surface area contributed by atoms with Gasteiger partial charge in [0.2, 0.25) is 0 Å². The molecule has 1 amide bonds. The molecule has 26 heavy (non-hydrogen) atoms. The second kappa shape index (κ2) is 9.10. The molecule has 138 valence electrons. The molecule has 0 heterocycles. The van der Waals surface area contributed by atoms with Crippen molar-refractivity contribution in [3.05, 3.63) is 53.1 Å². The fraction of sp³-hybridized carbons (Fsp3) is 0.263. The Kier molecular flexibility index (Phi) is 6.86. The summed E-state index contributed by atoms with van der Waals surface area (Å²) in [6, 6.07) is 11.8. The van der Waals surface area contributed by atoms with Crippen LogP contribution in [-0.4, -0.2) is 32.2 Å². The van der Waals surface area contributed by atoms with Crippen molar-refractivity contribution in [1.82, 2.24) is 0 Å². The molecule has 2 rings (SSSR count). The molecule has 0 aliphatic rings. The fourth-order valence-corrected chi connectivity index (χ4v) is 2.35. The molecule has 6 nitrogen and oxygen atoms in total. The highest BCUT2D eigenvalue weighted by molar-refractivity contribution is 6.30. The van der Waals surface area contributed by atoms with Gasteiger partial charge in [-0.1, -0.05) is 23.7 Å². The Morgan fingerprint density at radius 2 is 1.69 bits per heavy atom. The lowest BCUT2D eigenvalue weighted by Crippen LogP contribution is -2.30. The fourth-order valence-electron chi connectivity index (χ4n) is 2.22. The summed E-state index contributed by atoms with van der Waals surface area (Å²) < 4.78 is 15.5. The van der Waals surface area contributed by atoms with Crippen molar-refractivity contribution < 1.29 is 23.8 Å². The quantitative estimate of drug-likeness (QED) is 0.748. The number of hydrogen-bond acceptors (Lipinski definition) is 5. The van der Waals surface area contributed by atoms with Crippen LogP contribution in [0.3, 0.4) is 0 Å². The summed E-state index contributed by atoms with van der Waals surface area (Å²) in [5.74, 6) is 0.0922. The Morgan fingerprint density at radius 1 is 1.04 bits per heavy atom. The van der Waals surface area contributed by atoms with E-state index in [1.54, 1.807) is 42.5 Å². The van der Waals surface area contributed by atoms with Gasteiger partial charge in [-0.15, -0.1) is 0 Å². The van der Waals surface area contributed by atoms with Gasteiger partial charge in [-0.25, -0.2) is 0 Å². The molecule has 0 spiro atoms. The molecular weight excluding hydrogens is 358 g/mol. The lowest BCUT2D eigenvalue weighted by Gasteiger charge is -2.15. The van der Waals surface area contributed by atoms with Gasteiger partial charge in [-0.2, -0.15) is 0 Å². The maximum absolute atomic E-state index is 12.2. The standard InChI is InChI=1S/C19H20ClNO5/c1-12(26-18(22)10-13-4-6-14(20)7-5-13)19(23)21-15-8-9-16(24-2)17(11-15)25-3/h4-9,11-12H,10H2,1-3H3,(H,21,23). The van der Waals surface area contributed by atoms with Crippen LogP contribution in [0.15, 0.2) is 42.5 Å². The number of benzene rings is 2. The summed E-state index contributed by atoms with van der Waals surface area (Å²) in [5, 5.41) is 3.26. The monoisotopic (exact) mass is 377 g/mol. The maximum Gasteiger partial charge on any atom is 0.311 e. The van der Waals surface area contributed by atoms with Crippen LogP contribution < -0.4 is 14.8 Å². The van der Waals surface area contributed by atoms with Gasteiger partial charge in [0.25, 0.3) is 5.91 Å². The second-order valence-corrected chi connectivity index (χ2v) is 5.93. The minimum Gasteiger partial charge on any atom is -0.493 e. The summed E-state index contributed by atoms with van der Waals surface area (Å²) in [5.41, 5.74) is 1.26. The van der Waals surface area contributed by atoms with E-state index < -0.39 is 18.0 Å². The van der Waals surface area contributed by atoms with Crippen LogP contribution in [0.25, 0.3) is 0 Å². The Labute approximate surface area is 157 Å². The van der Waals surface area contributed by atoms with Crippen molar-refractivity contribution in [2.24, 2.45) is 0 Å². The second-order valence-electron chi connectivity index (χ2n) is 5.49. The van der Waals surface area contributed by atoms with Crippen molar-refractivity contribution in [3.63, 3.8) is 0 Å². The van der Waals surface area contributed by atoms with Gasteiger partial charge in [0, 0.05) is 16.8 Å². The third kappa shape index (κ3) is 5.39. The summed E-state index contributed by atoms with van der Waals surface area (Å²) in [7, 11) is 3.03. The Morgan fingerprint density at radius 3 is 2.31 bits per heavy atom. The molecule has 2 aromatic carbocycles. The van der Waals surface area contributed by atoms with Gasteiger partial charge in [0.05, 0.1) is 20.6 Å². The zero-order chi connectivity index (χ0) is 19.1. The van der Waals surface area contributed by atoms with E-state index in [9.17, 15) is 9.59 Å². The topological polar surface area (TPSA) is 73.9 Å². The minimum atomic E-state index is -0.942. The number of nitrogens with one attached hydrogen (secondary N) is 1.